The normalized spacial score (nSPS) is 17.9. The number of Topliss-reactive ketones (excluding diaryl/α,β-unsaturated/α-hetero) is 1. The molecule has 0 N–H and O–H groups in total. The van der Waals surface area contributed by atoms with Crippen LogP contribution in [-0.2, 0) is 12.8 Å². The molecule has 1 atom stereocenters. The van der Waals surface area contributed by atoms with E-state index in [9.17, 15) is 4.79 Å². The van der Waals surface area contributed by atoms with Gasteiger partial charge in [0.15, 0.2) is 5.78 Å². The first-order chi connectivity index (χ1) is 9.65. The Kier molecular flexibility index (Phi) is 3.43. The fourth-order valence-electron chi connectivity index (χ4n) is 3.31. The van der Waals surface area contributed by atoms with Crippen LogP contribution >= 0.6 is 0 Å². The first-order valence-electron chi connectivity index (χ1n) is 7.33. The average Bonchev–Trinajstić information content (AvgIpc) is 2.43. The Hall–Kier alpha value is -1.89. The number of carbonyl (C=O) groups excluding carboxylic acids is 1. The zero-order valence-electron chi connectivity index (χ0n) is 12.1. The number of benzene rings is 2. The molecular formula is C19H20O. The van der Waals surface area contributed by atoms with Crippen molar-refractivity contribution in [2.24, 2.45) is 5.92 Å². The summed E-state index contributed by atoms with van der Waals surface area (Å²) in [5.74, 6) is 0.480. The van der Waals surface area contributed by atoms with Crippen molar-refractivity contribution in [3.8, 4) is 0 Å². The Balaban J connectivity index is 1.89. The summed E-state index contributed by atoms with van der Waals surface area (Å²) in [7, 11) is 0. The van der Waals surface area contributed by atoms with Gasteiger partial charge in [0, 0.05) is 11.5 Å². The lowest BCUT2D eigenvalue weighted by molar-refractivity contribution is 0.0901. The van der Waals surface area contributed by atoms with E-state index in [1.54, 1.807) is 0 Å². The lowest BCUT2D eigenvalue weighted by Gasteiger charge is -2.25. The maximum absolute atomic E-state index is 12.7. The molecule has 0 aromatic heterocycles. The third kappa shape index (κ3) is 2.40. The predicted octanol–water partition coefficient (Wildman–Crippen LogP) is 4.29. The number of hydrogen-bond donors (Lipinski definition) is 0. The van der Waals surface area contributed by atoms with Crippen molar-refractivity contribution in [2.45, 2.75) is 33.1 Å². The molecule has 1 heteroatoms. The molecule has 20 heavy (non-hydrogen) atoms. The van der Waals surface area contributed by atoms with Crippen molar-refractivity contribution in [1.82, 2.24) is 0 Å². The summed E-state index contributed by atoms with van der Waals surface area (Å²) in [4.78, 5) is 12.7. The number of aryl methyl sites for hydroxylation is 2. The maximum atomic E-state index is 12.7. The molecule has 2 aromatic rings. The van der Waals surface area contributed by atoms with Gasteiger partial charge in [0.05, 0.1) is 0 Å². The van der Waals surface area contributed by atoms with E-state index in [0.717, 1.165) is 24.8 Å². The van der Waals surface area contributed by atoms with Crippen molar-refractivity contribution in [3.05, 3.63) is 70.3 Å². The topological polar surface area (TPSA) is 17.1 Å². The highest BCUT2D eigenvalue weighted by molar-refractivity contribution is 6.00. The number of carbonyl (C=O) groups is 1. The van der Waals surface area contributed by atoms with Gasteiger partial charge in [0.1, 0.15) is 0 Å². The van der Waals surface area contributed by atoms with Crippen LogP contribution in [0.5, 0.6) is 0 Å². The van der Waals surface area contributed by atoms with Crippen LogP contribution < -0.4 is 0 Å². The molecule has 0 saturated carbocycles. The SMILES string of the molecule is Cc1cc(C)c2c(c1)C(=O)C(Cc1ccccc1)CC2. The third-order valence-electron chi connectivity index (χ3n) is 4.32. The van der Waals surface area contributed by atoms with Gasteiger partial charge in [-0.25, -0.2) is 0 Å². The van der Waals surface area contributed by atoms with Crippen molar-refractivity contribution in [1.29, 1.82) is 0 Å². The van der Waals surface area contributed by atoms with Crippen LogP contribution in [0.4, 0.5) is 0 Å². The van der Waals surface area contributed by atoms with Crippen LogP contribution in [0.1, 0.15) is 39.0 Å². The van der Waals surface area contributed by atoms with Crippen LogP contribution in [0.25, 0.3) is 0 Å². The van der Waals surface area contributed by atoms with Crippen molar-refractivity contribution < 1.29 is 4.79 Å². The number of hydrogen-bond acceptors (Lipinski definition) is 1. The van der Waals surface area contributed by atoms with E-state index in [4.69, 9.17) is 0 Å². The second-order valence-corrected chi connectivity index (χ2v) is 5.90. The molecule has 1 aliphatic carbocycles. The molecule has 1 aliphatic rings. The largest absolute Gasteiger partial charge is 0.294 e. The summed E-state index contributed by atoms with van der Waals surface area (Å²) in [5, 5.41) is 0. The second-order valence-electron chi connectivity index (χ2n) is 5.90. The van der Waals surface area contributed by atoms with Gasteiger partial charge in [-0.15, -0.1) is 0 Å². The molecule has 102 valence electrons. The van der Waals surface area contributed by atoms with Crippen LogP contribution in [0.3, 0.4) is 0 Å². The van der Waals surface area contributed by atoms with Gasteiger partial charge in [-0.1, -0.05) is 42.0 Å². The monoisotopic (exact) mass is 264 g/mol. The van der Waals surface area contributed by atoms with Gasteiger partial charge in [0.25, 0.3) is 0 Å². The minimum Gasteiger partial charge on any atom is -0.294 e. The Morgan fingerprint density at radius 2 is 1.85 bits per heavy atom. The Bertz CT molecular complexity index is 640. The van der Waals surface area contributed by atoms with E-state index in [-0.39, 0.29) is 5.92 Å². The molecule has 1 nitrogen and oxygen atoms in total. The van der Waals surface area contributed by atoms with Gasteiger partial charge >= 0.3 is 0 Å². The minimum absolute atomic E-state index is 0.145. The fourth-order valence-corrected chi connectivity index (χ4v) is 3.31. The quantitative estimate of drug-likeness (QED) is 0.790. The Labute approximate surface area is 120 Å². The predicted molar refractivity (Wildman–Crippen MR) is 82.2 cm³/mol. The van der Waals surface area contributed by atoms with Crippen LogP contribution in [-0.4, -0.2) is 5.78 Å². The van der Waals surface area contributed by atoms with E-state index >= 15 is 0 Å². The van der Waals surface area contributed by atoms with Crippen molar-refractivity contribution in [2.75, 3.05) is 0 Å². The van der Waals surface area contributed by atoms with Crippen molar-refractivity contribution >= 4 is 5.78 Å². The summed E-state index contributed by atoms with van der Waals surface area (Å²) in [6.45, 7) is 4.19. The summed E-state index contributed by atoms with van der Waals surface area (Å²) in [5.41, 5.74) is 5.96. The lowest BCUT2D eigenvalue weighted by atomic mass is 9.78. The maximum Gasteiger partial charge on any atom is 0.166 e. The molecule has 0 heterocycles. The average molecular weight is 264 g/mol. The Morgan fingerprint density at radius 3 is 2.60 bits per heavy atom. The third-order valence-corrected chi connectivity index (χ3v) is 4.32. The van der Waals surface area contributed by atoms with Crippen LogP contribution in [0.2, 0.25) is 0 Å². The highest BCUT2D eigenvalue weighted by Crippen LogP contribution is 2.30. The molecule has 0 bridgehead atoms. The summed E-state index contributed by atoms with van der Waals surface area (Å²) < 4.78 is 0. The minimum atomic E-state index is 0.145. The molecule has 0 radical (unpaired) electrons. The highest BCUT2D eigenvalue weighted by atomic mass is 16.1. The summed E-state index contributed by atoms with van der Waals surface area (Å²) in [6.07, 6.45) is 2.88. The van der Waals surface area contributed by atoms with E-state index in [1.807, 2.05) is 18.2 Å². The Morgan fingerprint density at radius 1 is 1.10 bits per heavy atom. The highest BCUT2D eigenvalue weighted by Gasteiger charge is 2.28. The van der Waals surface area contributed by atoms with Gasteiger partial charge in [0.2, 0.25) is 0 Å². The molecule has 3 rings (SSSR count). The van der Waals surface area contributed by atoms with E-state index in [0.29, 0.717) is 5.78 Å². The molecule has 0 saturated heterocycles. The van der Waals surface area contributed by atoms with Crippen molar-refractivity contribution in [3.63, 3.8) is 0 Å². The van der Waals surface area contributed by atoms with Gasteiger partial charge in [-0.2, -0.15) is 0 Å². The zero-order valence-corrected chi connectivity index (χ0v) is 12.1. The zero-order chi connectivity index (χ0) is 14.1. The number of ketones is 1. The lowest BCUT2D eigenvalue weighted by Crippen LogP contribution is -2.25. The van der Waals surface area contributed by atoms with E-state index < -0.39 is 0 Å². The van der Waals surface area contributed by atoms with Gasteiger partial charge in [-0.05, 0) is 55.9 Å². The van der Waals surface area contributed by atoms with E-state index in [1.165, 1.54) is 22.3 Å². The van der Waals surface area contributed by atoms with E-state index in [2.05, 4.69) is 38.1 Å². The molecular weight excluding hydrogens is 244 g/mol. The molecule has 0 fully saturated rings. The summed E-state index contributed by atoms with van der Waals surface area (Å²) in [6, 6.07) is 14.6. The molecule has 0 aliphatic heterocycles. The first-order valence-corrected chi connectivity index (χ1v) is 7.33. The van der Waals surface area contributed by atoms with Gasteiger partial charge < -0.3 is 0 Å². The van der Waals surface area contributed by atoms with Gasteiger partial charge in [-0.3, -0.25) is 4.79 Å². The van der Waals surface area contributed by atoms with Crippen LogP contribution in [0, 0.1) is 19.8 Å². The number of rotatable bonds is 2. The number of fused-ring (bicyclic) bond motifs is 1. The molecule has 0 spiro atoms. The second kappa shape index (κ2) is 5.24. The first kappa shape index (κ1) is 13.1. The standard InChI is InChI=1S/C19H20O/c1-13-10-14(2)17-9-8-16(19(20)18(17)11-13)12-15-6-4-3-5-7-15/h3-7,10-11,16H,8-9,12H2,1-2H3. The summed E-state index contributed by atoms with van der Waals surface area (Å²) >= 11 is 0. The molecule has 2 aromatic carbocycles. The fraction of sp³-hybridized carbons (Fsp3) is 0.316. The molecule has 1 unspecified atom stereocenters. The smallest absolute Gasteiger partial charge is 0.166 e. The molecule has 0 amide bonds. The van der Waals surface area contributed by atoms with Crippen LogP contribution in [0.15, 0.2) is 42.5 Å².